The number of nitrogens with zero attached hydrogens (tertiary/aromatic N) is 2. The van der Waals surface area contributed by atoms with Crippen LogP contribution < -0.4 is 10.6 Å². The lowest BCUT2D eigenvalue weighted by molar-refractivity contribution is -0.154. The number of rotatable bonds is 6. The first-order chi connectivity index (χ1) is 14.1. The number of esters is 1. The molecule has 1 aromatic carbocycles. The van der Waals surface area contributed by atoms with Crippen LogP contribution in [0.1, 0.15) is 62.8 Å². The Morgan fingerprint density at radius 2 is 2.10 bits per heavy atom. The van der Waals surface area contributed by atoms with E-state index in [1.807, 2.05) is 18.5 Å². The lowest BCUT2D eigenvalue weighted by Crippen LogP contribution is -2.50. The minimum absolute atomic E-state index is 0.114. The number of halogens is 2. The van der Waals surface area contributed by atoms with Gasteiger partial charge in [0.05, 0.1) is 28.5 Å². The van der Waals surface area contributed by atoms with Gasteiger partial charge in [-0.25, -0.2) is 0 Å². The van der Waals surface area contributed by atoms with Crippen LogP contribution in [0.15, 0.2) is 28.7 Å². The van der Waals surface area contributed by atoms with Gasteiger partial charge in [-0.3, -0.25) is 19.6 Å². The number of carbonyl (C=O) groups excluding carboxylic acids is 2. The number of ether oxygens (including phenoxy) is 1. The van der Waals surface area contributed by atoms with Crippen LogP contribution in [0.3, 0.4) is 0 Å². The van der Waals surface area contributed by atoms with Gasteiger partial charge in [-0.15, -0.1) is 0 Å². The second-order valence-corrected chi connectivity index (χ2v) is 9.38. The minimum atomic E-state index is -0.867. The molecule has 1 aromatic heterocycles. The van der Waals surface area contributed by atoms with Gasteiger partial charge in [0.15, 0.2) is 5.69 Å². The van der Waals surface area contributed by atoms with Crippen molar-refractivity contribution in [1.82, 2.24) is 15.1 Å². The maximum atomic E-state index is 12.8. The van der Waals surface area contributed by atoms with Crippen molar-refractivity contribution in [3.63, 3.8) is 0 Å². The van der Waals surface area contributed by atoms with Crippen molar-refractivity contribution in [2.45, 2.75) is 64.8 Å². The highest BCUT2D eigenvalue weighted by Crippen LogP contribution is 2.31. The second-order valence-electron chi connectivity index (χ2n) is 8.15. The van der Waals surface area contributed by atoms with Gasteiger partial charge in [-0.1, -0.05) is 17.7 Å². The molecule has 1 amide bonds. The molecule has 0 radical (unpaired) electrons. The Kier molecular flexibility index (Phi) is 6.89. The highest BCUT2D eigenvalue weighted by molar-refractivity contribution is 9.10. The Morgan fingerprint density at radius 3 is 2.80 bits per heavy atom. The standard InChI is InChI=1S/C21H26BrClN4O3/c1-12(2)30-20(29)21(3,4)25-14-9-6-10-27-17(14)11-16(26-27)19(28)24-15-8-5-7-13(22)18(15)23/h5,7-8,11-12,14,25H,6,9-10H2,1-4H3,(H,24,28)/t14-/m0/s1. The van der Waals surface area contributed by atoms with Crippen LogP contribution in [0.5, 0.6) is 0 Å². The molecule has 0 saturated carbocycles. The van der Waals surface area contributed by atoms with Crippen LogP contribution in [-0.2, 0) is 16.1 Å². The fourth-order valence-electron chi connectivity index (χ4n) is 3.38. The van der Waals surface area contributed by atoms with Crippen LogP contribution in [0.2, 0.25) is 5.02 Å². The van der Waals surface area contributed by atoms with E-state index in [0.717, 1.165) is 25.1 Å². The molecule has 30 heavy (non-hydrogen) atoms. The number of aromatic nitrogens is 2. The molecular formula is C21H26BrClN4O3. The molecule has 3 rings (SSSR count). The molecule has 162 valence electrons. The van der Waals surface area contributed by atoms with Gasteiger partial charge >= 0.3 is 5.97 Å². The number of hydrogen-bond donors (Lipinski definition) is 2. The molecule has 2 N–H and O–H groups in total. The zero-order chi connectivity index (χ0) is 22.1. The summed E-state index contributed by atoms with van der Waals surface area (Å²) in [6.07, 6.45) is 1.54. The maximum Gasteiger partial charge on any atom is 0.326 e. The summed E-state index contributed by atoms with van der Waals surface area (Å²) >= 11 is 9.60. The lowest BCUT2D eigenvalue weighted by Gasteiger charge is -2.33. The Labute approximate surface area is 189 Å². The van der Waals surface area contributed by atoms with Gasteiger partial charge in [0, 0.05) is 11.0 Å². The summed E-state index contributed by atoms with van der Waals surface area (Å²) in [4.78, 5) is 25.2. The molecule has 1 aliphatic heterocycles. The molecule has 7 nitrogen and oxygen atoms in total. The van der Waals surface area contributed by atoms with Crippen molar-refractivity contribution in [3.8, 4) is 0 Å². The molecule has 2 heterocycles. The van der Waals surface area contributed by atoms with Crippen LogP contribution in [0.25, 0.3) is 0 Å². The molecule has 0 unspecified atom stereocenters. The van der Waals surface area contributed by atoms with Gasteiger partial charge in [0.1, 0.15) is 5.54 Å². The van der Waals surface area contributed by atoms with Crippen molar-refractivity contribution in [1.29, 1.82) is 0 Å². The molecule has 1 atom stereocenters. The molecule has 9 heteroatoms. The average Bonchev–Trinajstić information content (AvgIpc) is 3.10. The van der Waals surface area contributed by atoms with E-state index in [2.05, 4.69) is 31.7 Å². The summed E-state index contributed by atoms with van der Waals surface area (Å²) < 4.78 is 7.89. The van der Waals surface area contributed by atoms with Gasteiger partial charge in [-0.2, -0.15) is 5.10 Å². The number of amides is 1. The summed E-state index contributed by atoms with van der Waals surface area (Å²) in [6.45, 7) is 7.97. The molecule has 2 aromatic rings. The van der Waals surface area contributed by atoms with Crippen LogP contribution in [0, 0.1) is 0 Å². The molecule has 0 spiro atoms. The molecule has 0 saturated heterocycles. The van der Waals surface area contributed by atoms with Crippen molar-refractivity contribution in [3.05, 3.63) is 45.1 Å². The quantitative estimate of drug-likeness (QED) is 0.565. The predicted octanol–water partition coefficient (Wildman–Crippen LogP) is 4.71. The van der Waals surface area contributed by atoms with E-state index in [1.54, 1.807) is 38.1 Å². The molecule has 1 aliphatic rings. The smallest absolute Gasteiger partial charge is 0.326 e. The molecule has 0 aliphatic carbocycles. The monoisotopic (exact) mass is 496 g/mol. The first kappa shape index (κ1) is 22.8. The number of carbonyl (C=O) groups is 2. The summed E-state index contributed by atoms with van der Waals surface area (Å²) in [6, 6.07) is 6.98. The van der Waals surface area contributed by atoms with Gasteiger partial charge in [-0.05, 0) is 74.7 Å². The Morgan fingerprint density at radius 1 is 1.37 bits per heavy atom. The highest BCUT2D eigenvalue weighted by Gasteiger charge is 2.35. The van der Waals surface area contributed by atoms with Crippen LogP contribution in [-0.4, -0.2) is 33.3 Å². The predicted molar refractivity (Wildman–Crippen MR) is 120 cm³/mol. The van der Waals surface area contributed by atoms with E-state index in [4.69, 9.17) is 16.3 Å². The Balaban J connectivity index is 1.78. The zero-order valence-corrected chi connectivity index (χ0v) is 19.8. The first-order valence-electron chi connectivity index (χ1n) is 9.90. The topological polar surface area (TPSA) is 85.2 Å². The van der Waals surface area contributed by atoms with E-state index < -0.39 is 5.54 Å². The number of hydrogen-bond acceptors (Lipinski definition) is 5. The van der Waals surface area contributed by atoms with E-state index in [-0.39, 0.29) is 24.0 Å². The molecule has 0 bridgehead atoms. The number of benzene rings is 1. The van der Waals surface area contributed by atoms with E-state index in [9.17, 15) is 9.59 Å². The third kappa shape index (κ3) is 5.04. The number of anilines is 1. The fourth-order valence-corrected chi connectivity index (χ4v) is 3.92. The van der Waals surface area contributed by atoms with Crippen LogP contribution in [0.4, 0.5) is 5.69 Å². The fraction of sp³-hybridized carbons (Fsp3) is 0.476. The van der Waals surface area contributed by atoms with Gasteiger partial charge < -0.3 is 10.1 Å². The molecule has 0 fully saturated rings. The second kappa shape index (κ2) is 9.08. The van der Waals surface area contributed by atoms with Gasteiger partial charge in [0.2, 0.25) is 0 Å². The highest BCUT2D eigenvalue weighted by atomic mass is 79.9. The van der Waals surface area contributed by atoms with Crippen LogP contribution >= 0.6 is 27.5 Å². The van der Waals surface area contributed by atoms with E-state index in [1.165, 1.54) is 0 Å². The Bertz CT molecular complexity index is 958. The third-order valence-corrected chi connectivity index (χ3v) is 6.15. The summed E-state index contributed by atoms with van der Waals surface area (Å²) in [7, 11) is 0. The number of aryl methyl sites for hydroxylation is 1. The Hall–Kier alpha value is -1.90. The normalized spacial score (nSPS) is 16.3. The van der Waals surface area contributed by atoms with Gasteiger partial charge in [0.25, 0.3) is 5.91 Å². The van der Waals surface area contributed by atoms with E-state index >= 15 is 0 Å². The number of nitrogens with one attached hydrogen (secondary N) is 2. The summed E-state index contributed by atoms with van der Waals surface area (Å²) in [5.74, 6) is -0.648. The van der Waals surface area contributed by atoms with Crippen molar-refractivity contribution >= 4 is 45.1 Å². The van der Waals surface area contributed by atoms with Crippen molar-refractivity contribution < 1.29 is 14.3 Å². The molecular weight excluding hydrogens is 472 g/mol. The third-order valence-electron chi connectivity index (χ3n) is 4.85. The summed E-state index contributed by atoms with van der Waals surface area (Å²) in [5.41, 5.74) is 0.817. The number of fused-ring (bicyclic) bond motifs is 1. The van der Waals surface area contributed by atoms with Crippen molar-refractivity contribution in [2.24, 2.45) is 0 Å². The summed E-state index contributed by atoms with van der Waals surface area (Å²) in [5, 5.41) is 11.1. The SMILES string of the molecule is CC(C)OC(=O)C(C)(C)N[C@H]1CCCn2nc(C(=O)Nc3cccc(Br)c3Cl)cc21. The lowest BCUT2D eigenvalue weighted by atomic mass is 9.98. The average molecular weight is 498 g/mol. The largest absolute Gasteiger partial charge is 0.462 e. The zero-order valence-electron chi connectivity index (χ0n) is 17.5. The van der Waals surface area contributed by atoms with Crippen molar-refractivity contribution in [2.75, 3.05) is 5.32 Å². The maximum absolute atomic E-state index is 12.8. The van der Waals surface area contributed by atoms with E-state index in [0.29, 0.717) is 20.9 Å². The first-order valence-corrected chi connectivity index (χ1v) is 11.1. The minimum Gasteiger partial charge on any atom is -0.462 e.